The minimum absolute atomic E-state index is 0.0677. The van der Waals surface area contributed by atoms with Gasteiger partial charge >= 0.3 is 0 Å². The van der Waals surface area contributed by atoms with Crippen LogP contribution in [0.1, 0.15) is 23.8 Å². The Hall–Kier alpha value is -2.03. The molecule has 2 aliphatic heterocycles. The molecule has 2 amide bonds. The molecule has 0 atom stereocenters. The number of amides is 2. The number of fused-ring (bicyclic) bond motifs is 1. The van der Waals surface area contributed by atoms with Crippen LogP contribution < -0.4 is 0 Å². The quantitative estimate of drug-likeness (QED) is 0.744. The number of para-hydroxylation sites is 1. The lowest BCUT2D eigenvalue weighted by Crippen LogP contribution is -2.48. The van der Waals surface area contributed by atoms with E-state index < -0.39 is 0 Å². The molecule has 156 valence electrons. The highest BCUT2D eigenvalue weighted by molar-refractivity contribution is 7.18. The zero-order chi connectivity index (χ0) is 20.2. The molecule has 7 nitrogen and oxygen atoms in total. The number of benzene rings is 1. The number of morpholine rings is 1. The molecule has 2 aliphatic rings. The average molecular weight is 417 g/mol. The molecular formula is C21H28N4O3S. The largest absolute Gasteiger partial charge is 0.378 e. The number of likely N-dealkylation sites (tertiary alicyclic amines) is 1. The molecule has 0 spiro atoms. The van der Waals surface area contributed by atoms with Gasteiger partial charge in [-0.3, -0.25) is 14.5 Å². The molecule has 0 saturated carbocycles. The number of nitrogens with zero attached hydrogens (tertiary/aromatic N) is 4. The monoisotopic (exact) mass is 416 g/mol. The molecular weight excluding hydrogens is 388 g/mol. The lowest BCUT2D eigenvalue weighted by atomic mass is 9.97. The third-order valence-corrected chi connectivity index (χ3v) is 6.88. The lowest BCUT2D eigenvalue weighted by molar-refractivity contribution is -0.138. The van der Waals surface area contributed by atoms with E-state index in [1.807, 2.05) is 33.9 Å². The maximum Gasteiger partial charge on any atom is 0.236 e. The summed E-state index contributed by atoms with van der Waals surface area (Å²) in [6.07, 6.45) is 1.89. The van der Waals surface area contributed by atoms with E-state index in [4.69, 9.17) is 9.72 Å². The van der Waals surface area contributed by atoms with Crippen molar-refractivity contribution in [3.05, 3.63) is 29.3 Å². The summed E-state index contributed by atoms with van der Waals surface area (Å²) in [5.41, 5.74) is 1.07. The zero-order valence-electron chi connectivity index (χ0n) is 16.9. The van der Waals surface area contributed by atoms with Crippen LogP contribution in [0, 0.1) is 0 Å². The molecule has 2 aromatic rings. The van der Waals surface area contributed by atoms with Gasteiger partial charge < -0.3 is 14.5 Å². The van der Waals surface area contributed by atoms with Crippen LogP contribution in [0.3, 0.4) is 0 Å². The normalized spacial score (nSPS) is 18.6. The molecule has 1 aromatic carbocycles. The number of rotatable bonds is 5. The molecule has 0 N–H and O–H groups in total. The summed E-state index contributed by atoms with van der Waals surface area (Å²) < 4.78 is 6.51. The summed E-state index contributed by atoms with van der Waals surface area (Å²) in [4.78, 5) is 35.4. The SMILES string of the molecule is CN(CC(=O)N1CCOCC1)CC(=O)N1CCC(c2nc3ccccc3s2)CC1. The molecule has 2 fully saturated rings. The van der Waals surface area contributed by atoms with Gasteiger partial charge in [0.05, 0.1) is 41.5 Å². The van der Waals surface area contributed by atoms with Crippen LogP contribution in [-0.4, -0.2) is 91.0 Å². The minimum atomic E-state index is 0.0677. The van der Waals surface area contributed by atoms with Crippen molar-refractivity contribution in [2.24, 2.45) is 0 Å². The van der Waals surface area contributed by atoms with E-state index in [9.17, 15) is 9.59 Å². The molecule has 29 heavy (non-hydrogen) atoms. The third kappa shape index (κ3) is 4.94. The molecule has 0 bridgehead atoms. The van der Waals surface area contributed by atoms with Crippen LogP contribution in [0.5, 0.6) is 0 Å². The summed E-state index contributed by atoms with van der Waals surface area (Å²) in [7, 11) is 1.84. The van der Waals surface area contributed by atoms with Crippen molar-refractivity contribution >= 4 is 33.4 Å². The fourth-order valence-electron chi connectivity index (χ4n) is 3.97. The highest BCUT2D eigenvalue weighted by atomic mass is 32.1. The topological polar surface area (TPSA) is 66.0 Å². The van der Waals surface area contributed by atoms with Crippen LogP contribution >= 0.6 is 11.3 Å². The molecule has 1 aromatic heterocycles. The van der Waals surface area contributed by atoms with Crippen molar-refractivity contribution in [2.45, 2.75) is 18.8 Å². The van der Waals surface area contributed by atoms with Crippen LogP contribution in [0.4, 0.5) is 0 Å². The van der Waals surface area contributed by atoms with Gasteiger partial charge in [0.25, 0.3) is 0 Å². The van der Waals surface area contributed by atoms with Gasteiger partial charge in [-0.2, -0.15) is 0 Å². The Balaban J connectivity index is 1.24. The van der Waals surface area contributed by atoms with Crippen molar-refractivity contribution in [2.75, 3.05) is 59.5 Å². The number of piperidine rings is 1. The number of hydrogen-bond acceptors (Lipinski definition) is 6. The Kier molecular flexibility index (Phi) is 6.42. The maximum atomic E-state index is 12.7. The lowest BCUT2D eigenvalue weighted by Gasteiger charge is -2.33. The predicted molar refractivity (Wildman–Crippen MR) is 113 cm³/mol. The van der Waals surface area contributed by atoms with Gasteiger partial charge in [-0.05, 0) is 32.0 Å². The van der Waals surface area contributed by atoms with Gasteiger partial charge in [-0.15, -0.1) is 11.3 Å². The van der Waals surface area contributed by atoms with Crippen LogP contribution in [0.25, 0.3) is 10.2 Å². The first-order valence-corrected chi connectivity index (χ1v) is 11.1. The number of likely N-dealkylation sites (N-methyl/N-ethyl adjacent to an activating group) is 1. The van der Waals surface area contributed by atoms with E-state index >= 15 is 0 Å². The number of carbonyl (C=O) groups is 2. The van der Waals surface area contributed by atoms with Gasteiger partial charge in [0.2, 0.25) is 11.8 Å². The molecule has 0 radical (unpaired) electrons. The fourth-order valence-corrected chi connectivity index (χ4v) is 5.11. The van der Waals surface area contributed by atoms with Crippen LogP contribution in [0.2, 0.25) is 0 Å². The van der Waals surface area contributed by atoms with Gasteiger partial charge in [0.15, 0.2) is 0 Å². The molecule has 0 unspecified atom stereocenters. The molecule has 3 heterocycles. The smallest absolute Gasteiger partial charge is 0.236 e. The fraction of sp³-hybridized carbons (Fsp3) is 0.571. The van der Waals surface area contributed by atoms with Crippen molar-refractivity contribution < 1.29 is 14.3 Å². The number of hydrogen-bond donors (Lipinski definition) is 0. The highest BCUT2D eigenvalue weighted by Gasteiger charge is 2.27. The maximum absolute atomic E-state index is 12.7. The Morgan fingerprint density at radius 3 is 2.34 bits per heavy atom. The number of thiazole rings is 1. The highest BCUT2D eigenvalue weighted by Crippen LogP contribution is 2.33. The molecule has 8 heteroatoms. The van der Waals surface area contributed by atoms with E-state index in [1.165, 1.54) is 9.71 Å². The van der Waals surface area contributed by atoms with Gasteiger partial charge in [-0.25, -0.2) is 4.98 Å². The van der Waals surface area contributed by atoms with Crippen molar-refractivity contribution in [1.29, 1.82) is 0 Å². The van der Waals surface area contributed by atoms with E-state index in [1.54, 1.807) is 11.3 Å². The van der Waals surface area contributed by atoms with Crippen LogP contribution in [0.15, 0.2) is 24.3 Å². The van der Waals surface area contributed by atoms with Crippen molar-refractivity contribution in [3.63, 3.8) is 0 Å². The Morgan fingerprint density at radius 1 is 1.07 bits per heavy atom. The number of carbonyl (C=O) groups excluding carboxylic acids is 2. The Labute approximate surface area is 175 Å². The van der Waals surface area contributed by atoms with E-state index in [2.05, 4.69) is 12.1 Å². The summed E-state index contributed by atoms with van der Waals surface area (Å²) in [5, 5.41) is 1.19. The first-order valence-electron chi connectivity index (χ1n) is 10.3. The van der Waals surface area contributed by atoms with E-state index in [0.29, 0.717) is 32.2 Å². The van der Waals surface area contributed by atoms with Crippen molar-refractivity contribution in [3.8, 4) is 0 Å². The van der Waals surface area contributed by atoms with Gasteiger partial charge in [0, 0.05) is 32.1 Å². The standard InChI is InChI=1S/C21H28N4O3S/c1-23(15-20(27)25-10-12-28-13-11-25)14-19(26)24-8-6-16(7-9-24)21-22-17-4-2-3-5-18(17)29-21/h2-5,16H,6-15H2,1H3. The Bertz CT molecular complexity index is 823. The molecule has 0 aliphatic carbocycles. The second kappa shape index (κ2) is 9.19. The van der Waals surface area contributed by atoms with Gasteiger partial charge in [-0.1, -0.05) is 12.1 Å². The van der Waals surface area contributed by atoms with E-state index in [-0.39, 0.29) is 24.9 Å². The third-order valence-electron chi connectivity index (χ3n) is 5.68. The predicted octanol–water partition coefficient (Wildman–Crippen LogP) is 1.79. The first-order chi connectivity index (χ1) is 14.1. The number of ether oxygens (including phenoxy) is 1. The van der Waals surface area contributed by atoms with Crippen LogP contribution in [-0.2, 0) is 14.3 Å². The van der Waals surface area contributed by atoms with Crippen molar-refractivity contribution in [1.82, 2.24) is 19.7 Å². The molecule has 2 saturated heterocycles. The van der Waals surface area contributed by atoms with Gasteiger partial charge in [0.1, 0.15) is 0 Å². The second-order valence-corrected chi connectivity index (χ2v) is 8.90. The summed E-state index contributed by atoms with van der Waals surface area (Å²) in [6, 6.07) is 8.24. The molecule has 4 rings (SSSR count). The second-order valence-electron chi connectivity index (χ2n) is 7.84. The minimum Gasteiger partial charge on any atom is -0.378 e. The number of aromatic nitrogens is 1. The Morgan fingerprint density at radius 2 is 1.69 bits per heavy atom. The summed E-state index contributed by atoms with van der Waals surface area (Å²) in [5.74, 6) is 0.597. The summed E-state index contributed by atoms with van der Waals surface area (Å²) >= 11 is 1.77. The summed E-state index contributed by atoms with van der Waals surface area (Å²) in [6.45, 7) is 4.53. The van der Waals surface area contributed by atoms with E-state index in [0.717, 1.165) is 31.4 Å². The average Bonchev–Trinajstić information content (AvgIpc) is 3.18. The first kappa shape index (κ1) is 20.3. The zero-order valence-corrected chi connectivity index (χ0v) is 17.7.